The Kier molecular flexibility index (Phi) is 2.52. The van der Waals surface area contributed by atoms with Crippen molar-refractivity contribution in [3.8, 4) is 5.75 Å². The topological polar surface area (TPSA) is 67.0 Å². The zero-order valence-electron chi connectivity index (χ0n) is 9.42. The van der Waals surface area contributed by atoms with Gasteiger partial charge in [-0.25, -0.2) is 4.98 Å². The third-order valence-electron chi connectivity index (χ3n) is 2.56. The molecule has 0 saturated carbocycles. The van der Waals surface area contributed by atoms with Gasteiger partial charge in [-0.1, -0.05) is 0 Å². The minimum absolute atomic E-state index is 0.176. The van der Waals surface area contributed by atoms with E-state index in [2.05, 4.69) is 15.3 Å². The number of H-pyrrole nitrogens is 1. The number of hydrogen-bond donors (Lipinski definition) is 2. The molecule has 0 atom stereocenters. The molecule has 2 heterocycles. The van der Waals surface area contributed by atoms with Gasteiger partial charge in [-0.3, -0.25) is 4.79 Å². The summed E-state index contributed by atoms with van der Waals surface area (Å²) in [5, 5.41) is 3.85. The van der Waals surface area contributed by atoms with Crippen LogP contribution in [0.4, 0.5) is 5.69 Å². The van der Waals surface area contributed by atoms with Crippen LogP contribution >= 0.6 is 0 Å². The zero-order chi connectivity index (χ0) is 11.7. The first-order valence-electron chi connectivity index (χ1n) is 4.92. The monoisotopic (exact) mass is 219 g/mol. The third kappa shape index (κ3) is 1.41. The number of anilines is 1. The highest BCUT2D eigenvalue weighted by Crippen LogP contribution is 2.30. The van der Waals surface area contributed by atoms with Gasteiger partial charge in [0, 0.05) is 13.2 Å². The number of pyridine rings is 2. The summed E-state index contributed by atoms with van der Waals surface area (Å²) in [7, 11) is 3.36. The van der Waals surface area contributed by atoms with E-state index in [0.717, 1.165) is 11.1 Å². The molecule has 2 N–H and O–H groups in total. The van der Waals surface area contributed by atoms with E-state index in [0.29, 0.717) is 17.0 Å². The molecule has 0 radical (unpaired) electrons. The van der Waals surface area contributed by atoms with Crippen molar-refractivity contribution < 1.29 is 4.74 Å². The van der Waals surface area contributed by atoms with Crippen molar-refractivity contribution in [2.45, 2.75) is 6.92 Å². The van der Waals surface area contributed by atoms with E-state index < -0.39 is 0 Å². The van der Waals surface area contributed by atoms with Crippen molar-refractivity contribution in [2.24, 2.45) is 0 Å². The van der Waals surface area contributed by atoms with Gasteiger partial charge < -0.3 is 15.0 Å². The van der Waals surface area contributed by atoms with Crippen LogP contribution in [-0.4, -0.2) is 24.1 Å². The van der Waals surface area contributed by atoms with Crippen molar-refractivity contribution in [3.05, 3.63) is 28.2 Å². The Morgan fingerprint density at radius 1 is 1.50 bits per heavy atom. The number of aromatic nitrogens is 2. The molecule has 0 aliphatic carbocycles. The molecule has 2 rings (SSSR count). The molecule has 16 heavy (non-hydrogen) atoms. The Balaban J connectivity index is 2.98. The fourth-order valence-electron chi connectivity index (χ4n) is 1.74. The van der Waals surface area contributed by atoms with Crippen LogP contribution in [0.5, 0.6) is 5.75 Å². The molecule has 84 valence electrons. The molecular formula is C11H13N3O2. The molecule has 0 bridgehead atoms. The van der Waals surface area contributed by atoms with E-state index in [9.17, 15) is 4.79 Å². The number of hydrogen-bond acceptors (Lipinski definition) is 4. The molecule has 0 aliphatic rings. The fourth-order valence-corrected chi connectivity index (χ4v) is 1.74. The van der Waals surface area contributed by atoms with Crippen LogP contribution in [0.2, 0.25) is 0 Å². The average Bonchev–Trinajstić information content (AvgIpc) is 2.30. The maximum Gasteiger partial charge on any atom is 0.256 e. The summed E-state index contributed by atoms with van der Waals surface area (Å²) in [4.78, 5) is 18.5. The lowest BCUT2D eigenvalue weighted by Crippen LogP contribution is -2.12. The SMILES string of the molecule is CNc1ccnc2[nH]c(=O)c(C)c(OC)c12. The van der Waals surface area contributed by atoms with Crippen LogP contribution < -0.4 is 15.6 Å². The Hall–Kier alpha value is -2.04. The average molecular weight is 219 g/mol. The summed E-state index contributed by atoms with van der Waals surface area (Å²) in [5.41, 5.74) is 1.78. The van der Waals surface area contributed by atoms with Crippen LogP contribution in [0.15, 0.2) is 17.1 Å². The number of nitrogens with one attached hydrogen (secondary N) is 2. The summed E-state index contributed by atoms with van der Waals surface area (Å²) < 4.78 is 5.28. The van der Waals surface area contributed by atoms with Gasteiger partial charge in [0.2, 0.25) is 0 Å². The first-order valence-corrected chi connectivity index (χ1v) is 4.92. The second kappa shape index (κ2) is 3.84. The molecule has 2 aromatic rings. The minimum Gasteiger partial charge on any atom is -0.495 e. The molecule has 0 spiro atoms. The number of fused-ring (bicyclic) bond motifs is 1. The maximum absolute atomic E-state index is 11.6. The van der Waals surface area contributed by atoms with Crippen LogP contribution in [0.1, 0.15) is 5.56 Å². The number of nitrogens with zero attached hydrogens (tertiary/aromatic N) is 1. The fraction of sp³-hybridized carbons (Fsp3) is 0.273. The van der Waals surface area contributed by atoms with E-state index >= 15 is 0 Å². The molecule has 0 saturated heterocycles. The van der Waals surface area contributed by atoms with Crippen molar-refractivity contribution in [2.75, 3.05) is 19.5 Å². The van der Waals surface area contributed by atoms with E-state index in [1.807, 2.05) is 13.1 Å². The van der Waals surface area contributed by atoms with Gasteiger partial charge >= 0.3 is 0 Å². The molecule has 0 fully saturated rings. The Morgan fingerprint density at radius 3 is 2.88 bits per heavy atom. The number of methoxy groups -OCH3 is 1. The van der Waals surface area contributed by atoms with Crippen LogP contribution in [0, 0.1) is 6.92 Å². The predicted octanol–water partition coefficient (Wildman–Crippen LogP) is 1.28. The van der Waals surface area contributed by atoms with Crippen molar-refractivity contribution >= 4 is 16.7 Å². The molecule has 0 unspecified atom stereocenters. The maximum atomic E-state index is 11.6. The van der Waals surface area contributed by atoms with Gasteiger partial charge in [-0.2, -0.15) is 0 Å². The van der Waals surface area contributed by atoms with Crippen molar-refractivity contribution in [3.63, 3.8) is 0 Å². The van der Waals surface area contributed by atoms with Crippen LogP contribution in [-0.2, 0) is 0 Å². The van der Waals surface area contributed by atoms with Gasteiger partial charge in [0.15, 0.2) is 0 Å². The van der Waals surface area contributed by atoms with Crippen LogP contribution in [0.3, 0.4) is 0 Å². The highest BCUT2D eigenvalue weighted by atomic mass is 16.5. The van der Waals surface area contributed by atoms with Gasteiger partial charge in [0.25, 0.3) is 5.56 Å². The lowest BCUT2D eigenvalue weighted by molar-refractivity contribution is 0.416. The quantitative estimate of drug-likeness (QED) is 0.798. The Bertz CT molecular complexity index is 590. The molecule has 0 aliphatic heterocycles. The molecule has 0 amide bonds. The summed E-state index contributed by atoms with van der Waals surface area (Å²) >= 11 is 0. The van der Waals surface area contributed by atoms with E-state index in [1.165, 1.54) is 0 Å². The lowest BCUT2D eigenvalue weighted by atomic mass is 10.1. The van der Waals surface area contributed by atoms with Gasteiger partial charge in [0.1, 0.15) is 11.4 Å². The lowest BCUT2D eigenvalue weighted by Gasteiger charge is -2.11. The number of ether oxygens (including phenoxy) is 1. The third-order valence-corrected chi connectivity index (χ3v) is 2.56. The summed E-state index contributed by atoms with van der Waals surface area (Å²) in [6.45, 7) is 1.73. The van der Waals surface area contributed by atoms with E-state index in [4.69, 9.17) is 4.74 Å². The smallest absolute Gasteiger partial charge is 0.256 e. The van der Waals surface area contributed by atoms with Gasteiger partial charge in [-0.05, 0) is 13.0 Å². The molecule has 2 aromatic heterocycles. The normalized spacial score (nSPS) is 10.4. The van der Waals surface area contributed by atoms with Crippen molar-refractivity contribution in [1.29, 1.82) is 0 Å². The Morgan fingerprint density at radius 2 is 2.25 bits per heavy atom. The molecule has 0 aromatic carbocycles. The summed E-state index contributed by atoms with van der Waals surface area (Å²) in [6, 6.07) is 1.84. The van der Waals surface area contributed by atoms with Gasteiger partial charge in [-0.15, -0.1) is 0 Å². The van der Waals surface area contributed by atoms with Crippen LogP contribution in [0.25, 0.3) is 11.0 Å². The second-order valence-electron chi connectivity index (χ2n) is 3.44. The molecule has 5 heteroatoms. The zero-order valence-corrected chi connectivity index (χ0v) is 9.42. The van der Waals surface area contributed by atoms with Crippen molar-refractivity contribution in [1.82, 2.24) is 9.97 Å². The molecule has 5 nitrogen and oxygen atoms in total. The van der Waals surface area contributed by atoms with E-state index in [-0.39, 0.29) is 5.56 Å². The van der Waals surface area contributed by atoms with E-state index in [1.54, 1.807) is 20.2 Å². The highest BCUT2D eigenvalue weighted by molar-refractivity contribution is 5.94. The highest BCUT2D eigenvalue weighted by Gasteiger charge is 2.13. The largest absolute Gasteiger partial charge is 0.495 e. The predicted molar refractivity (Wildman–Crippen MR) is 63.2 cm³/mol. The summed E-state index contributed by atoms with van der Waals surface area (Å²) in [6.07, 6.45) is 1.64. The minimum atomic E-state index is -0.176. The first-order chi connectivity index (χ1) is 7.69. The standard InChI is InChI=1S/C11H13N3O2/c1-6-9(16-3)8-7(12-2)4-5-13-10(8)14-11(6)15/h4-5H,1-3H3,(H2,12,13,14,15). The molecular weight excluding hydrogens is 206 g/mol. The summed E-state index contributed by atoms with van der Waals surface area (Å²) in [5.74, 6) is 0.566. The Labute approximate surface area is 92.5 Å². The number of aromatic amines is 1. The number of rotatable bonds is 2. The van der Waals surface area contributed by atoms with Gasteiger partial charge in [0.05, 0.1) is 23.7 Å². The second-order valence-corrected chi connectivity index (χ2v) is 3.44. The first kappa shape index (κ1) is 10.5.